The molecule has 1 N–H and O–H groups in total. The number of unbranched alkanes of at least 4 members (excludes halogenated alkanes) is 1. The third kappa shape index (κ3) is 2.22. The standard InChI is InChI=1S/C15H21FN2/c1-5-6-7-15-17-13-9-12(16)11(10(2)3)8-14(13)18(15)4/h7-10,17H,5-6H2,1-4H3/b15-7-. The molecule has 2 rings (SSSR count). The van der Waals surface area contributed by atoms with Crippen molar-refractivity contribution in [2.75, 3.05) is 17.3 Å². The fraction of sp³-hybridized carbons (Fsp3) is 0.467. The Hall–Kier alpha value is -1.51. The van der Waals surface area contributed by atoms with Gasteiger partial charge in [-0.05, 0) is 36.1 Å². The highest BCUT2D eigenvalue weighted by atomic mass is 19.1. The molecule has 0 amide bonds. The molecule has 1 aliphatic heterocycles. The van der Waals surface area contributed by atoms with Gasteiger partial charge in [-0.2, -0.15) is 0 Å². The zero-order valence-electron chi connectivity index (χ0n) is 11.5. The number of fused-ring (bicyclic) bond motifs is 1. The van der Waals surface area contributed by atoms with Crippen LogP contribution >= 0.6 is 0 Å². The van der Waals surface area contributed by atoms with Crippen molar-refractivity contribution in [2.24, 2.45) is 0 Å². The number of anilines is 2. The highest BCUT2D eigenvalue weighted by Crippen LogP contribution is 2.38. The third-order valence-electron chi connectivity index (χ3n) is 3.35. The Morgan fingerprint density at radius 3 is 2.72 bits per heavy atom. The second-order valence-corrected chi connectivity index (χ2v) is 5.11. The minimum Gasteiger partial charge on any atom is -0.340 e. The highest BCUT2D eigenvalue weighted by molar-refractivity contribution is 5.81. The van der Waals surface area contributed by atoms with Crippen LogP contribution in [0.25, 0.3) is 0 Å². The topological polar surface area (TPSA) is 15.3 Å². The third-order valence-corrected chi connectivity index (χ3v) is 3.35. The number of allylic oxidation sites excluding steroid dienone is 1. The van der Waals surface area contributed by atoms with Crippen LogP contribution in [-0.2, 0) is 0 Å². The van der Waals surface area contributed by atoms with Gasteiger partial charge in [0, 0.05) is 7.05 Å². The van der Waals surface area contributed by atoms with E-state index in [1.54, 1.807) is 6.07 Å². The van der Waals surface area contributed by atoms with Crippen LogP contribution in [0.15, 0.2) is 24.0 Å². The molecule has 0 spiro atoms. The molecule has 1 heterocycles. The first-order chi connectivity index (χ1) is 8.54. The SMILES string of the molecule is CCC/C=C1/Nc2cc(F)c(C(C)C)cc2N1C. The summed E-state index contributed by atoms with van der Waals surface area (Å²) in [5.41, 5.74) is 2.70. The minimum absolute atomic E-state index is 0.124. The summed E-state index contributed by atoms with van der Waals surface area (Å²) < 4.78 is 13.9. The van der Waals surface area contributed by atoms with Gasteiger partial charge in [-0.25, -0.2) is 4.39 Å². The number of hydrogen-bond acceptors (Lipinski definition) is 2. The van der Waals surface area contributed by atoms with E-state index in [0.29, 0.717) is 0 Å². The molecule has 0 bridgehead atoms. The first-order valence-corrected chi connectivity index (χ1v) is 6.59. The maximum atomic E-state index is 13.9. The number of hydrogen-bond donors (Lipinski definition) is 1. The van der Waals surface area contributed by atoms with Crippen molar-refractivity contribution in [1.29, 1.82) is 0 Å². The van der Waals surface area contributed by atoms with Gasteiger partial charge in [0.25, 0.3) is 0 Å². The second-order valence-electron chi connectivity index (χ2n) is 5.11. The smallest absolute Gasteiger partial charge is 0.128 e. The van der Waals surface area contributed by atoms with Crippen molar-refractivity contribution in [3.05, 3.63) is 35.4 Å². The van der Waals surface area contributed by atoms with Crippen LogP contribution in [0.2, 0.25) is 0 Å². The van der Waals surface area contributed by atoms with Crippen molar-refractivity contribution in [1.82, 2.24) is 0 Å². The Balaban J connectivity index is 2.38. The Bertz CT molecular complexity index is 478. The first-order valence-electron chi connectivity index (χ1n) is 6.59. The van der Waals surface area contributed by atoms with E-state index in [2.05, 4.69) is 23.2 Å². The van der Waals surface area contributed by atoms with E-state index < -0.39 is 0 Å². The lowest BCUT2D eigenvalue weighted by Gasteiger charge is -2.15. The number of rotatable bonds is 3. The maximum absolute atomic E-state index is 13.9. The molecule has 0 radical (unpaired) electrons. The van der Waals surface area contributed by atoms with Gasteiger partial charge in [0.1, 0.15) is 11.6 Å². The molecule has 0 saturated heterocycles. The highest BCUT2D eigenvalue weighted by Gasteiger charge is 2.23. The maximum Gasteiger partial charge on any atom is 0.128 e. The van der Waals surface area contributed by atoms with Crippen molar-refractivity contribution in [2.45, 2.75) is 39.5 Å². The van der Waals surface area contributed by atoms with Gasteiger partial charge in [0.2, 0.25) is 0 Å². The summed E-state index contributed by atoms with van der Waals surface area (Å²) in [6.07, 6.45) is 4.30. The van der Waals surface area contributed by atoms with Gasteiger partial charge in [-0.1, -0.05) is 27.2 Å². The molecule has 0 fully saturated rings. The van der Waals surface area contributed by atoms with Gasteiger partial charge in [-0.15, -0.1) is 0 Å². The molecule has 0 atom stereocenters. The van der Waals surface area contributed by atoms with E-state index in [-0.39, 0.29) is 11.7 Å². The van der Waals surface area contributed by atoms with E-state index in [0.717, 1.165) is 35.6 Å². The lowest BCUT2D eigenvalue weighted by molar-refractivity contribution is 0.599. The number of nitrogens with one attached hydrogen (secondary N) is 1. The quantitative estimate of drug-likeness (QED) is 0.850. The summed E-state index contributed by atoms with van der Waals surface area (Å²) in [4.78, 5) is 2.09. The Morgan fingerprint density at radius 1 is 1.39 bits per heavy atom. The van der Waals surface area contributed by atoms with Crippen LogP contribution < -0.4 is 10.2 Å². The molecule has 98 valence electrons. The minimum atomic E-state index is -0.124. The summed E-state index contributed by atoms with van der Waals surface area (Å²) in [6.45, 7) is 6.18. The Labute approximate surface area is 108 Å². The van der Waals surface area contributed by atoms with E-state index in [9.17, 15) is 4.39 Å². The molecule has 18 heavy (non-hydrogen) atoms. The molecule has 2 nitrogen and oxygen atoms in total. The fourth-order valence-electron chi connectivity index (χ4n) is 2.22. The van der Waals surface area contributed by atoms with Crippen LogP contribution in [-0.4, -0.2) is 7.05 Å². The van der Waals surface area contributed by atoms with Gasteiger partial charge < -0.3 is 10.2 Å². The largest absolute Gasteiger partial charge is 0.340 e. The lowest BCUT2D eigenvalue weighted by atomic mass is 10.0. The number of halogens is 1. The van der Waals surface area contributed by atoms with Crippen LogP contribution in [0.3, 0.4) is 0 Å². The zero-order chi connectivity index (χ0) is 13.3. The summed E-state index contributed by atoms with van der Waals surface area (Å²) in [5.74, 6) is 1.13. The second kappa shape index (κ2) is 5.01. The van der Waals surface area contributed by atoms with E-state index in [1.807, 2.05) is 27.0 Å². The van der Waals surface area contributed by atoms with Gasteiger partial charge in [0.05, 0.1) is 11.4 Å². The summed E-state index contributed by atoms with van der Waals surface area (Å²) in [5, 5.41) is 3.27. The average Bonchev–Trinajstić information content (AvgIpc) is 2.61. The van der Waals surface area contributed by atoms with Crippen LogP contribution in [0.5, 0.6) is 0 Å². The van der Waals surface area contributed by atoms with E-state index >= 15 is 0 Å². The monoisotopic (exact) mass is 248 g/mol. The van der Waals surface area contributed by atoms with Crippen molar-refractivity contribution in [3.63, 3.8) is 0 Å². The molecular weight excluding hydrogens is 227 g/mol. The normalized spacial score (nSPS) is 16.3. The van der Waals surface area contributed by atoms with E-state index in [1.165, 1.54) is 0 Å². The fourth-order valence-corrected chi connectivity index (χ4v) is 2.22. The molecule has 1 aliphatic rings. The van der Waals surface area contributed by atoms with Crippen LogP contribution in [0, 0.1) is 5.82 Å². The summed E-state index contributed by atoms with van der Waals surface area (Å²) in [7, 11) is 2.02. The van der Waals surface area contributed by atoms with Crippen LogP contribution in [0.4, 0.5) is 15.8 Å². The predicted octanol–water partition coefficient (Wildman–Crippen LogP) is 4.45. The Kier molecular flexibility index (Phi) is 3.60. The first kappa shape index (κ1) is 12.9. The van der Waals surface area contributed by atoms with Crippen molar-refractivity contribution in [3.8, 4) is 0 Å². The molecule has 0 aromatic heterocycles. The number of benzene rings is 1. The van der Waals surface area contributed by atoms with Gasteiger partial charge >= 0.3 is 0 Å². The lowest BCUT2D eigenvalue weighted by Crippen LogP contribution is -2.14. The molecule has 1 aromatic rings. The predicted molar refractivity (Wildman–Crippen MR) is 75.5 cm³/mol. The molecule has 0 unspecified atom stereocenters. The summed E-state index contributed by atoms with van der Waals surface area (Å²) in [6, 6.07) is 3.56. The molecule has 0 aliphatic carbocycles. The van der Waals surface area contributed by atoms with E-state index in [4.69, 9.17) is 0 Å². The molecular formula is C15H21FN2. The molecule has 0 saturated carbocycles. The molecule has 3 heteroatoms. The van der Waals surface area contributed by atoms with Gasteiger partial charge in [0.15, 0.2) is 0 Å². The molecule has 1 aromatic carbocycles. The number of nitrogens with zero attached hydrogens (tertiary/aromatic N) is 1. The zero-order valence-corrected chi connectivity index (χ0v) is 11.5. The van der Waals surface area contributed by atoms with Crippen molar-refractivity contribution < 1.29 is 4.39 Å². The van der Waals surface area contributed by atoms with Crippen LogP contribution in [0.1, 0.15) is 45.1 Å². The summed E-state index contributed by atoms with van der Waals surface area (Å²) >= 11 is 0. The van der Waals surface area contributed by atoms with Crippen molar-refractivity contribution >= 4 is 11.4 Å². The Morgan fingerprint density at radius 2 is 2.11 bits per heavy atom. The van der Waals surface area contributed by atoms with Gasteiger partial charge in [-0.3, -0.25) is 0 Å². The average molecular weight is 248 g/mol.